The Morgan fingerprint density at radius 2 is 1.79 bits per heavy atom. The number of hydrogen-bond acceptors (Lipinski definition) is 2. The quantitative estimate of drug-likeness (QED) is 0.576. The summed E-state index contributed by atoms with van der Waals surface area (Å²) in [4.78, 5) is 0. The molecule has 3 heteroatoms. The highest BCUT2D eigenvalue weighted by Crippen LogP contribution is 2.35. The van der Waals surface area contributed by atoms with E-state index in [1.807, 2.05) is 6.08 Å². The van der Waals surface area contributed by atoms with Gasteiger partial charge in [-0.3, -0.25) is 0 Å². The van der Waals surface area contributed by atoms with Crippen LogP contribution in [0.5, 0.6) is 0 Å². The average molecular weight is 382 g/mol. The van der Waals surface area contributed by atoms with E-state index < -0.39 is 14.4 Å². The molecule has 2 atom stereocenters. The second kappa shape index (κ2) is 7.51. The van der Waals surface area contributed by atoms with Gasteiger partial charge in [-0.1, -0.05) is 75.6 Å². The van der Waals surface area contributed by atoms with Crippen LogP contribution in [0.3, 0.4) is 0 Å². The van der Waals surface area contributed by atoms with Gasteiger partial charge in [0.15, 0.2) is 0 Å². The lowest BCUT2D eigenvalue weighted by Crippen LogP contribution is -2.55. The van der Waals surface area contributed by atoms with Crippen LogP contribution in [0.25, 0.3) is 12.2 Å². The van der Waals surface area contributed by atoms with Gasteiger partial charge in [-0.25, -0.2) is 0 Å². The molecule has 0 amide bonds. The molecule has 0 radical (unpaired) electrons. The maximum absolute atomic E-state index is 4.46. The zero-order valence-electron chi connectivity index (χ0n) is 16.9. The largest absolute Gasteiger partial charge is 0.498 e. The lowest BCUT2D eigenvalue weighted by atomic mass is 10.0. The number of nitrogens with one attached hydrogen (secondary N) is 1. The van der Waals surface area contributed by atoms with Crippen molar-refractivity contribution in [1.29, 1.82) is 0 Å². The number of para-hydroxylation sites is 2. The zero-order chi connectivity index (χ0) is 19.8. The van der Waals surface area contributed by atoms with Crippen LogP contribution in [-0.2, 0) is 0 Å². The Morgan fingerprint density at radius 1 is 1.07 bits per heavy atom. The molecule has 0 saturated carbocycles. The van der Waals surface area contributed by atoms with Crippen LogP contribution in [0.2, 0.25) is 0 Å². The molecule has 1 N–H and O–H groups in total. The van der Waals surface area contributed by atoms with Crippen molar-refractivity contribution in [3.05, 3.63) is 88.9 Å². The van der Waals surface area contributed by atoms with E-state index in [1.54, 1.807) is 0 Å². The normalized spacial score (nSPS) is 19.5. The molecular weight excluding hydrogens is 355 g/mol. The first-order valence-electron chi connectivity index (χ1n) is 9.96. The maximum atomic E-state index is 4.46. The Kier molecular flexibility index (Phi) is 5.06. The molecule has 2 unspecified atom stereocenters. The third kappa shape index (κ3) is 3.16. The molecular formula is C25H27AlN2. The Labute approximate surface area is 173 Å². The number of fused-ring (bicyclic) bond motifs is 2. The fraction of sp³-hybridized carbons (Fsp3) is 0.200. The van der Waals surface area contributed by atoms with Gasteiger partial charge in [0.05, 0.1) is 0 Å². The monoisotopic (exact) mass is 382 g/mol. The first-order valence-corrected chi connectivity index (χ1v) is 11.6. The summed E-state index contributed by atoms with van der Waals surface area (Å²) >= 11 is -1.81. The third-order valence-electron chi connectivity index (χ3n) is 5.77. The zero-order valence-corrected chi connectivity index (χ0v) is 18.1. The summed E-state index contributed by atoms with van der Waals surface area (Å²) in [6.07, 6.45) is 11.0. The number of rotatable bonds is 4. The molecule has 4 rings (SSSR count). The van der Waals surface area contributed by atoms with E-state index in [0.717, 1.165) is 4.44 Å². The van der Waals surface area contributed by atoms with Crippen molar-refractivity contribution in [3.8, 4) is 0 Å². The van der Waals surface area contributed by atoms with Gasteiger partial charge in [-0.05, 0) is 37.5 Å². The highest BCUT2D eigenvalue weighted by atomic mass is 27.2. The SMILES string of the molecule is C=C[C](=C)[Al]([c]1cccc2c1NC(C)C=C2)[N]1c2c(C)cccc2C=CC1C. The summed E-state index contributed by atoms with van der Waals surface area (Å²) in [6.45, 7) is 15.2. The summed E-state index contributed by atoms with van der Waals surface area (Å²) < 4.78 is 5.17. The molecule has 0 aromatic heterocycles. The van der Waals surface area contributed by atoms with Crippen LogP contribution in [0.4, 0.5) is 11.4 Å². The minimum absolute atomic E-state index is 0.314. The van der Waals surface area contributed by atoms with Crippen molar-refractivity contribution in [2.75, 3.05) is 9.20 Å². The van der Waals surface area contributed by atoms with Crippen LogP contribution in [0.15, 0.2) is 72.2 Å². The second-order valence-electron chi connectivity index (χ2n) is 7.80. The molecule has 0 spiro atoms. The van der Waals surface area contributed by atoms with Crippen molar-refractivity contribution in [1.82, 2.24) is 0 Å². The minimum Gasteiger partial charge on any atom is -0.449 e. The molecule has 28 heavy (non-hydrogen) atoms. The summed E-state index contributed by atoms with van der Waals surface area (Å²) in [5, 5.41) is 3.71. The summed E-state index contributed by atoms with van der Waals surface area (Å²) in [5.74, 6) is 0. The molecule has 0 bridgehead atoms. The molecule has 2 nitrogen and oxygen atoms in total. The van der Waals surface area contributed by atoms with Crippen molar-refractivity contribution >= 4 is 42.3 Å². The number of hydrogen-bond donors (Lipinski definition) is 1. The predicted molar refractivity (Wildman–Crippen MR) is 125 cm³/mol. The number of aryl methyl sites for hydroxylation is 1. The van der Waals surface area contributed by atoms with Gasteiger partial charge >= 0.3 is 14.4 Å². The highest BCUT2D eigenvalue weighted by Gasteiger charge is 2.39. The summed E-state index contributed by atoms with van der Waals surface area (Å²) in [5.41, 5.74) is 6.46. The maximum Gasteiger partial charge on any atom is 0.498 e. The van der Waals surface area contributed by atoms with E-state index >= 15 is 0 Å². The van der Waals surface area contributed by atoms with E-state index in [4.69, 9.17) is 0 Å². The molecule has 0 fully saturated rings. The molecule has 0 aliphatic carbocycles. The van der Waals surface area contributed by atoms with E-state index in [1.165, 1.54) is 32.5 Å². The van der Waals surface area contributed by atoms with Crippen LogP contribution < -0.4 is 13.6 Å². The van der Waals surface area contributed by atoms with E-state index in [0.29, 0.717) is 12.1 Å². The number of nitrogens with zero attached hydrogens (tertiary/aromatic N) is 1. The topological polar surface area (TPSA) is 15.3 Å². The smallest absolute Gasteiger partial charge is 0.449 e. The lowest BCUT2D eigenvalue weighted by molar-refractivity contribution is 0.891. The molecule has 2 heterocycles. The number of anilines is 2. The molecule has 2 aliphatic heterocycles. The van der Waals surface area contributed by atoms with Gasteiger partial charge < -0.3 is 9.20 Å². The van der Waals surface area contributed by atoms with E-state index in [2.05, 4.69) is 104 Å². The third-order valence-corrected chi connectivity index (χ3v) is 9.07. The second-order valence-corrected chi connectivity index (χ2v) is 10.5. The fourth-order valence-electron chi connectivity index (χ4n) is 4.36. The van der Waals surface area contributed by atoms with Crippen molar-refractivity contribution in [2.45, 2.75) is 32.9 Å². The Balaban J connectivity index is 1.93. The van der Waals surface area contributed by atoms with E-state index in [-0.39, 0.29) is 0 Å². The number of benzene rings is 2. The van der Waals surface area contributed by atoms with E-state index in [9.17, 15) is 0 Å². The lowest BCUT2D eigenvalue weighted by Gasteiger charge is -2.41. The Bertz CT molecular complexity index is 1000. The highest BCUT2D eigenvalue weighted by molar-refractivity contribution is 6.85. The molecule has 2 aromatic carbocycles. The van der Waals surface area contributed by atoms with Gasteiger partial charge in [0.2, 0.25) is 0 Å². The number of allylic oxidation sites excluding steroid dienone is 2. The molecule has 2 aromatic rings. The fourth-order valence-corrected chi connectivity index (χ4v) is 7.64. The molecule has 0 saturated heterocycles. The van der Waals surface area contributed by atoms with Crippen molar-refractivity contribution in [2.24, 2.45) is 0 Å². The van der Waals surface area contributed by atoms with Gasteiger partial charge in [0, 0.05) is 23.5 Å². The van der Waals surface area contributed by atoms with Gasteiger partial charge in [-0.15, -0.1) is 13.2 Å². The summed E-state index contributed by atoms with van der Waals surface area (Å²) in [7, 11) is 0. The van der Waals surface area contributed by atoms with Crippen LogP contribution in [0.1, 0.15) is 30.5 Å². The van der Waals surface area contributed by atoms with Gasteiger partial charge in [0.1, 0.15) is 0 Å². The first kappa shape index (κ1) is 18.9. The van der Waals surface area contributed by atoms with Gasteiger partial charge in [0.25, 0.3) is 0 Å². The Hall–Kier alpha value is -2.47. The Morgan fingerprint density at radius 3 is 2.57 bits per heavy atom. The molecule has 140 valence electrons. The predicted octanol–water partition coefficient (Wildman–Crippen LogP) is 5.22. The standard InChI is InChI=1S/C11H12N.C10H10N.C4H5.Al/c1-8-4-3-5-10-7-6-9(2)12-11(8)10;1-8-6-7-9-4-2-3-5-10(9)11-8;1-3-4-2;/h3-7,9H,1-2H3;2-4,6-8,11H,1H3;3H,1-2H2;/q-1;;;+1. The first-order chi connectivity index (χ1) is 13.5. The van der Waals surface area contributed by atoms with Crippen molar-refractivity contribution in [3.63, 3.8) is 0 Å². The van der Waals surface area contributed by atoms with Crippen LogP contribution >= 0.6 is 0 Å². The summed E-state index contributed by atoms with van der Waals surface area (Å²) in [6, 6.07) is 13.9. The van der Waals surface area contributed by atoms with Crippen LogP contribution in [-0.4, -0.2) is 26.5 Å². The van der Waals surface area contributed by atoms with Crippen LogP contribution in [0, 0.1) is 6.92 Å². The minimum atomic E-state index is -1.81. The van der Waals surface area contributed by atoms with Crippen molar-refractivity contribution < 1.29 is 0 Å². The molecule has 2 aliphatic rings. The van der Waals surface area contributed by atoms with Gasteiger partial charge in [-0.2, -0.15) is 0 Å². The average Bonchev–Trinajstić information content (AvgIpc) is 2.70.